The van der Waals surface area contributed by atoms with E-state index >= 15 is 0 Å². The van der Waals surface area contributed by atoms with Gasteiger partial charge in [-0.3, -0.25) is 9.69 Å². The SMILES string of the molecule is CN1C(=O)C(C)(C)C(C)(c2cc(NCC3C[C@H]3c3ccccc3)ccc2F)N=C1N. The molecule has 158 valence electrons. The van der Waals surface area contributed by atoms with Crippen LogP contribution in [0.4, 0.5) is 10.1 Å². The number of carbonyl (C=O) groups excluding carboxylic acids is 1. The van der Waals surface area contributed by atoms with Crippen LogP contribution < -0.4 is 11.1 Å². The highest BCUT2D eigenvalue weighted by Gasteiger charge is 2.53. The van der Waals surface area contributed by atoms with E-state index in [1.807, 2.05) is 6.07 Å². The molecule has 2 aromatic rings. The van der Waals surface area contributed by atoms with Gasteiger partial charge in [-0.25, -0.2) is 9.38 Å². The standard InChI is InChI=1S/C24H29FN4O/c1-23(2)21(30)29(4)22(26)28-24(23,3)19-13-17(10-11-20(19)25)27-14-16-12-18(16)15-8-6-5-7-9-15/h5-11,13,16,18,27H,12,14H2,1-4H3,(H2,26,28)/t16?,18-,24?/m0/s1. The van der Waals surface area contributed by atoms with Gasteiger partial charge in [0, 0.05) is 24.8 Å². The minimum Gasteiger partial charge on any atom is -0.385 e. The van der Waals surface area contributed by atoms with Crippen LogP contribution in [0.15, 0.2) is 53.5 Å². The smallest absolute Gasteiger partial charge is 0.237 e. The van der Waals surface area contributed by atoms with Crippen LogP contribution in [-0.4, -0.2) is 30.4 Å². The van der Waals surface area contributed by atoms with Crippen molar-refractivity contribution in [3.63, 3.8) is 0 Å². The molecule has 3 atom stereocenters. The van der Waals surface area contributed by atoms with Crippen molar-refractivity contribution in [1.29, 1.82) is 0 Å². The second kappa shape index (κ2) is 7.11. The van der Waals surface area contributed by atoms with Gasteiger partial charge in [-0.2, -0.15) is 0 Å². The van der Waals surface area contributed by atoms with Crippen molar-refractivity contribution < 1.29 is 9.18 Å². The van der Waals surface area contributed by atoms with Crippen molar-refractivity contribution in [3.8, 4) is 0 Å². The molecular formula is C24H29FN4O. The molecule has 0 bridgehead atoms. The molecule has 30 heavy (non-hydrogen) atoms. The van der Waals surface area contributed by atoms with Gasteiger partial charge < -0.3 is 11.1 Å². The number of nitrogens with one attached hydrogen (secondary N) is 1. The quantitative estimate of drug-likeness (QED) is 0.783. The molecule has 4 rings (SSSR count). The Labute approximate surface area is 177 Å². The summed E-state index contributed by atoms with van der Waals surface area (Å²) in [6.07, 6.45) is 1.15. The third-order valence-electron chi connectivity index (χ3n) is 6.95. The zero-order valence-corrected chi connectivity index (χ0v) is 17.9. The number of aliphatic imine (C=N–C) groups is 1. The summed E-state index contributed by atoms with van der Waals surface area (Å²) >= 11 is 0. The van der Waals surface area contributed by atoms with E-state index in [1.165, 1.54) is 16.5 Å². The Morgan fingerprint density at radius 1 is 1.20 bits per heavy atom. The molecule has 5 nitrogen and oxygen atoms in total. The lowest BCUT2D eigenvalue weighted by molar-refractivity contribution is -0.140. The Morgan fingerprint density at radius 3 is 2.60 bits per heavy atom. The molecule has 1 heterocycles. The Bertz CT molecular complexity index is 1000. The summed E-state index contributed by atoms with van der Waals surface area (Å²) in [5, 5.41) is 3.45. The average Bonchev–Trinajstić information content (AvgIpc) is 3.51. The third kappa shape index (κ3) is 3.24. The van der Waals surface area contributed by atoms with Crippen molar-refractivity contribution in [1.82, 2.24) is 4.90 Å². The first kappa shape index (κ1) is 20.4. The van der Waals surface area contributed by atoms with E-state index in [1.54, 1.807) is 40.0 Å². The van der Waals surface area contributed by atoms with Crippen LogP contribution in [0.2, 0.25) is 0 Å². The van der Waals surface area contributed by atoms with E-state index in [4.69, 9.17) is 5.73 Å². The minimum atomic E-state index is -1.10. The predicted molar refractivity (Wildman–Crippen MR) is 118 cm³/mol. The lowest BCUT2D eigenvalue weighted by Gasteiger charge is -2.46. The lowest BCUT2D eigenvalue weighted by Crippen LogP contribution is -2.58. The monoisotopic (exact) mass is 408 g/mol. The second-order valence-electron chi connectivity index (χ2n) is 9.12. The molecule has 2 unspecified atom stereocenters. The fourth-order valence-electron chi connectivity index (χ4n) is 4.41. The third-order valence-corrected chi connectivity index (χ3v) is 6.95. The van der Waals surface area contributed by atoms with Gasteiger partial charge >= 0.3 is 0 Å². The minimum absolute atomic E-state index is 0.100. The van der Waals surface area contributed by atoms with Crippen LogP contribution in [0.5, 0.6) is 0 Å². The molecular weight excluding hydrogens is 379 g/mol. The highest BCUT2D eigenvalue weighted by molar-refractivity contribution is 6.01. The van der Waals surface area contributed by atoms with E-state index in [0.717, 1.165) is 18.7 Å². The van der Waals surface area contributed by atoms with E-state index in [9.17, 15) is 9.18 Å². The molecule has 0 aromatic heterocycles. The van der Waals surface area contributed by atoms with Crippen LogP contribution in [-0.2, 0) is 10.3 Å². The van der Waals surface area contributed by atoms with E-state index in [2.05, 4.69) is 34.6 Å². The molecule has 0 spiro atoms. The normalized spacial score (nSPS) is 27.6. The summed E-state index contributed by atoms with van der Waals surface area (Å²) in [6, 6.07) is 15.5. The zero-order chi connectivity index (χ0) is 21.7. The van der Waals surface area contributed by atoms with E-state index < -0.39 is 16.8 Å². The van der Waals surface area contributed by atoms with Gasteiger partial charge in [0.1, 0.15) is 11.4 Å². The molecule has 2 aromatic carbocycles. The predicted octanol–water partition coefficient (Wildman–Crippen LogP) is 4.07. The highest BCUT2D eigenvalue weighted by atomic mass is 19.1. The number of rotatable bonds is 5. The van der Waals surface area contributed by atoms with Crippen molar-refractivity contribution in [3.05, 3.63) is 65.5 Å². The van der Waals surface area contributed by atoms with Gasteiger partial charge in [0.2, 0.25) is 5.91 Å². The van der Waals surface area contributed by atoms with E-state index in [0.29, 0.717) is 17.4 Å². The van der Waals surface area contributed by atoms with Crippen molar-refractivity contribution in [2.24, 2.45) is 22.1 Å². The number of amides is 1. The van der Waals surface area contributed by atoms with Gasteiger partial charge in [0.15, 0.2) is 5.96 Å². The van der Waals surface area contributed by atoms with Crippen LogP contribution in [0.1, 0.15) is 44.2 Å². The van der Waals surface area contributed by atoms with Gasteiger partial charge in [0.25, 0.3) is 0 Å². The maximum Gasteiger partial charge on any atom is 0.237 e. The number of anilines is 1. The fraction of sp³-hybridized carbons (Fsp3) is 0.417. The van der Waals surface area contributed by atoms with E-state index in [-0.39, 0.29) is 11.9 Å². The maximum atomic E-state index is 14.9. The molecule has 1 saturated carbocycles. The van der Waals surface area contributed by atoms with Gasteiger partial charge in [-0.15, -0.1) is 0 Å². The zero-order valence-electron chi connectivity index (χ0n) is 17.9. The molecule has 1 aliphatic heterocycles. The van der Waals surface area contributed by atoms with Gasteiger partial charge in [0.05, 0.1) is 5.41 Å². The van der Waals surface area contributed by atoms with Crippen molar-refractivity contribution in [2.75, 3.05) is 18.9 Å². The lowest BCUT2D eigenvalue weighted by atomic mass is 9.67. The average molecular weight is 409 g/mol. The number of carbonyl (C=O) groups is 1. The largest absolute Gasteiger partial charge is 0.385 e. The number of hydrogen-bond donors (Lipinski definition) is 2. The summed E-state index contributed by atoms with van der Waals surface area (Å²) in [5.74, 6) is 0.665. The molecule has 3 N–H and O–H groups in total. The number of benzene rings is 2. The molecule has 0 saturated heterocycles. The van der Waals surface area contributed by atoms with Gasteiger partial charge in [-0.05, 0) is 62.8 Å². The Hall–Kier alpha value is -2.89. The molecule has 0 radical (unpaired) electrons. The number of halogens is 1. The Balaban J connectivity index is 1.56. The fourth-order valence-corrected chi connectivity index (χ4v) is 4.41. The second-order valence-corrected chi connectivity index (χ2v) is 9.12. The summed E-state index contributed by atoms with van der Waals surface area (Å²) < 4.78 is 14.9. The maximum absolute atomic E-state index is 14.9. The molecule has 1 amide bonds. The number of guanidine groups is 1. The van der Waals surface area contributed by atoms with Crippen LogP contribution in [0, 0.1) is 17.2 Å². The Kier molecular flexibility index (Phi) is 4.83. The van der Waals surface area contributed by atoms with Crippen molar-refractivity contribution in [2.45, 2.75) is 38.6 Å². The summed E-state index contributed by atoms with van der Waals surface area (Å²) in [7, 11) is 1.59. The summed E-state index contributed by atoms with van der Waals surface area (Å²) in [5.41, 5.74) is 6.50. The first-order chi connectivity index (χ1) is 14.1. The van der Waals surface area contributed by atoms with Crippen LogP contribution in [0.3, 0.4) is 0 Å². The van der Waals surface area contributed by atoms with Crippen molar-refractivity contribution >= 4 is 17.6 Å². The first-order valence-corrected chi connectivity index (χ1v) is 10.4. The summed E-state index contributed by atoms with van der Waals surface area (Å²) in [4.78, 5) is 18.8. The van der Waals surface area contributed by atoms with Crippen LogP contribution >= 0.6 is 0 Å². The topological polar surface area (TPSA) is 70.7 Å². The molecule has 6 heteroatoms. The van der Waals surface area contributed by atoms with Crippen LogP contribution in [0.25, 0.3) is 0 Å². The Morgan fingerprint density at radius 2 is 1.90 bits per heavy atom. The molecule has 1 fully saturated rings. The van der Waals surface area contributed by atoms with Gasteiger partial charge in [-0.1, -0.05) is 30.3 Å². The summed E-state index contributed by atoms with van der Waals surface area (Å²) in [6.45, 7) is 6.17. The number of nitrogens with zero attached hydrogens (tertiary/aromatic N) is 2. The highest BCUT2D eigenvalue weighted by Crippen LogP contribution is 2.49. The number of hydrogen-bond acceptors (Lipinski definition) is 4. The molecule has 2 aliphatic rings. The molecule has 1 aliphatic carbocycles. The first-order valence-electron chi connectivity index (χ1n) is 10.4. The number of nitrogens with two attached hydrogens (primary N) is 1.